The summed E-state index contributed by atoms with van der Waals surface area (Å²) >= 11 is 0. The molecule has 0 spiro atoms. The van der Waals surface area contributed by atoms with Gasteiger partial charge in [0, 0.05) is 12.1 Å². The number of aryl methyl sites for hydroxylation is 1. The third kappa shape index (κ3) is 6.63. The van der Waals surface area contributed by atoms with Gasteiger partial charge in [0.25, 0.3) is 10.1 Å². The number of unbranched alkanes of at least 4 members (excludes halogenated alkanes) is 1. The zero-order valence-electron chi connectivity index (χ0n) is 19.6. The zero-order chi connectivity index (χ0) is 22.6. The molecular weight excluding hydrogens is 457 g/mol. The smallest absolute Gasteiger partial charge is 1.00 e. The van der Waals surface area contributed by atoms with Crippen molar-refractivity contribution in [2.75, 3.05) is 6.54 Å². The van der Waals surface area contributed by atoms with Gasteiger partial charge in [0.2, 0.25) is 10.0 Å². The van der Waals surface area contributed by atoms with Crippen molar-refractivity contribution in [2.45, 2.75) is 48.8 Å². The molecule has 1 aromatic rings. The van der Waals surface area contributed by atoms with E-state index in [1.807, 2.05) is 18.2 Å². The quantitative estimate of drug-likeness (QED) is 0.272. The standard InChI is InChI=1S/C23H27NO5S2.Na.H/c1-17(2)18-11-13-21-19(16-23(31(27,28)29)22(21)14-12-18)8-6-7-15-24-30(25,26)20-9-4-3-5-10-20;;/h3-5,9-14,16-17,24H,6-8,15H2,1-2H3,(H,27,28,29);;/q;+1;-1. The van der Waals surface area contributed by atoms with E-state index in [9.17, 15) is 21.4 Å². The average Bonchev–Trinajstić information content (AvgIpc) is 2.91. The van der Waals surface area contributed by atoms with Crippen LogP contribution in [0.5, 0.6) is 0 Å². The van der Waals surface area contributed by atoms with Gasteiger partial charge in [0.15, 0.2) is 0 Å². The van der Waals surface area contributed by atoms with Crippen molar-refractivity contribution in [3.63, 3.8) is 0 Å². The molecule has 0 radical (unpaired) electrons. The van der Waals surface area contributed by atoms with E-state index in [-0.39, 0.29) is 53.2 Å². The van der Waals surface area contributed by atoms with Crippen LogP contribution in [0.1, 0.15) is 45.2 Å². The first-order chi connectivity index (χ1) is 14.6. The summed E-state index contributed by atoms with van der Waals surface area (Å²) in [6.45, 7) is 4.40. The molecule has 9 heteroatoms. The van der Waals surface area contributed by atoms with Gasteiger partial charge >= 0.3 is 29.6 Å². The van der Waals surface area contributed by atoms with Gasteiger partial charge in [0.05, 0.1) is 4.90 Å². The monoisotopic (exact) mass is 485 g/mol. The van der Waals surface area contributed by atoms with Crippen LogP contribution in [0.15, 0.2) is 70.5 Å². The van der Waals surface area contributed by atoms with Crippen LogP contribution in [0.2, 0.25) is 0 Å². The van der Waals surface area contributed by atoms with E-state index in [0.717, 1.165) is 16.7 Å². The van der Waals surface area contributed by atoms with E-state index in [4.69, 9.17) is 0 Å². The summed E-state index contributed by atoms with van der Waals surface area (Å²) in [4.78, 5) is 0.136. The summed E-state index contributed by atoms with van der Waals surface area (Å²) in [5.74, 6) is 0.284. The first-order valence-electron chi connectivity index (χ1n) is 10.2. The van der Waals surface area contributed by atoms with Crippen molar-refractivity contribution in [2.24, 2.45) is 0 Å². The second-order valence-corrected chi connectivity index (χ2v) is 11.0. The van der Waals surface area contributed by atoms with E-state index < -0.39 is 20.1 Å². The number of rotatable bonds is 9. The molecule has 0 bridgehead atoms. The Kier molecular flexibility index (Phi) is 9.48. The molecule has 1 aromatic carbocycles. The minimum atomic E-state index is -4.35. The number of fused-ring (bicyclic) bond motifs is 1. The molecule has 2 N–H and O–H groups in total. The molecule has 168 valence electrons. The maximum absolute atomic E-state index is 12.3. The Morgan fingerprint density at radius 1 is 0.906 bits per heavy atom. The molecule has 0 amide bonds. The van der Waals surface area contributed by atoms with Crippen molar-refractivity contribution in [3.8, 4) is 11.1 Å². The van der Waals surface area contributed by atoms with Crippen molar-refractivity contribution < 1.29 is 52.4 Å². The molecular formula is C23H28NNaO5S2. The molecule has 0 saturated heterocycles. The molecule has 0 fully saturated rings. The normalized spacial score (nSPS) is 12.1. The van der Waals surface area contributed by atoms with Gasteiger partial charge < -0.3 is 1.43 Å². The predicted octanol–water partition coefficient (Wildman–Crippen LogP) is 1.58. The fourth-order valence-electron chi connectivity index (χ4n) is 3.54. The topological polar surface area (TPSA) is 101 Å². The summed E-state index contributed by atoms with van der Waals surface area (Å²) in [5, 5.41) is 0. The van der Waals surface area contributed by atoms with Crippen molar-refractivity contribution in [1.82, 2.24) is 4.72 Å². The SMILES string of the molecule is CC(C)c1ccc2c(CCCCNS(=O)(=O)c3ccccc3)cc(S(=O)(=O)O)c-2cc1.[H-].[Na+]. The molecule has 0 unspecified atom stereocenters. The maximum atomic E-state index is 12.3. The predicted molar refractivity (Wildman–Crippen MR) is 123 cm³/mol. The van der Waals surface area contributed by atoms with Gasteiger partial charge in [0.1, 0.15) is 4.90 Å². The second-order valence-electron chi connectivity index (χ2n) is 7.83. The Balaban J connectivity index is 0.00000272. The Bertz CT molecular complexity index is 1230. The minimum absolute atomic E-state index is 0. The van der Waals surface area contributed by atoms with Crippen molar-refractivity contribution in [3.05, 3.63) is 71.8 Å². The molecule has 3 rings (SSSR count). The van der Waals surface area contributed by atoms with Gasteiger partial charge in [-0.05, 0) is 60.1 Å². The van der Waals surface area contributed by atoms with Crippen LogP contribution in [0, 0.1) is 0 Å². The molecule has 0 aliphatic heterocycles. The minimum Gasteiger partial charge on any atom is -1.00 e. The van der Waals surface area contributed by atoms with Gasteiger partial charge in [-0.2, -0.15) is 8.42 Å². The Morgan fingerprint density at radius 2 is 1.53 bits per heavy atom. The third-order valence-electron chi connectivity index (χ3n) is 5.25. The molecule has 2 aliphatic rings. The van der Waals surface area contributed by atoms with Crippen LogP contribution < -0.4 is 34.3 Å². The van der Waals surface area contributed by atoms with E-state index in [1.165, 1.54) is 6.07 Å². The number of sulfonamides is 1. The first kappa shape index (κ1) is 27.0. The van der Waals surface area contributed by atoms with Crippen LogP contribution in [0.4, 0.5) is 0 Å². The summed E-state index contributed by atoms with van der Waals surface area (Å²) in [6.07, 6.45) is 1.83. The van der Waals surface area contributed by atoms with E-state index >= 15 is 0 Å². The Hall–Kier alpha value is -1.26. The Morgan fingerprint density at radius 3 is 2.12 bits per heavy atom. The van der Waals surface area contributed by atoms with Crippen LogP contribution in [0.25, 0.3) is 11.1 Å². The Labute approximate surface area is 214 Å². The molecule has 32 heavy (non-hydrogen) atoms. The maximum Gasteiger partial charge on any atom is 1.00 e. The first-order valence-corrected chi connectivity index (χ1v) is 13.1. The summed E-state index contributed by atoms with van der Waals surface area (Å²) in [5.41, 5.74) is 3.16. The molecule has 0 aromatic heterocycles. The molecule has 2 aliphatic carbocycles. The van der Waals surface area contributed by atoms with Crippen LogP contribution in [-0.2, 0) is 26.6 Å². The van der Waals surface area contributed by atoms with E-state index in [0.29, 0.717) is 24.8 Å². The molecule has 0 atom stereocenters. The van der Waals surface area contributed by atoms with Crippen LogP contribution in [-0.4, -0.2) is 27.9 Å². The van der Waals surface area contributed by atoms with Crippen molar-refractivity contribution >= 4 is 20.1 Å². The van der Waals surface area contributed by atoms with Crippen molar-refractivity contribution in [1.29, 1.82) is 0 Å². The van der Waals surface area contributed by atoms with E-state index in [2.05, 4.69) is 18.6 Å². The average molecular weight is 486 g/mol. The van der Waals surface area contributed by atoms with Gasteiger partial charge in [-0.1, -0.05) is 56.3 Å². The van der Waals surface area contributed by atoms with Gasteiger partial charge in [-0.25, -0.2) is 13.1 Å². The van der Waals surface area contributed by atoms with Crippen LogP contribution in [0.3, 0.4) is 0 Å². The largest absolute Gasteiger partial charge is 1.00 e. The number of hydrogen-bond acceptors (Lipinski definition) is 4. The number of hydrogen-bond donors (Lipinski definition) is 2. The fourth-order valence-corrected chi connectivity index (χ4v) is 5.38. The molecule has 0 saturated carbocycles. The number of benzene rings is 1. The molecule has 0 heterocycles. The van der Waals surface area contributed by atoms with E-state index in [1.54, 1.807) is 36.4 Å². The third-order valence-corrected chi connectivity index (χ3v) is 7.63. The second kappa shape index (κ2) is 11.2. The summed E-state index contributed by atoms with van der Waals surface area (Å²) < 4.78 is 60.6. The number of nitrogens with one attached hydrogen (secondary N) is 1. The summed E-state index contributed by atoms with van der Waals surface area (Å²) in [7, 11) is -7.89. The fraction of sp³-hybridized carbons (Fsp3) is 0.304. The van der Waals surface area contributed by atoms with Gasteiger partial charge in [-0.15, -0.1) is 0 Å². The zero-order valence-corrected chi connectivity index (χ0v) is 22.2. The molecule has 6 nitrogen and oxygen atoms in total. The van der Waals surface area contributed by atoms with Crippen LogP contribution >= 0.6 is 0 Å². The summed E-state index contributed by atoms with van der Waals surface area (Å²) in [6, 6.07) is 17.2. The van der Waals surface area contributed by atoms with Gasteiger partial charge in [-0.3, -0.25) is 4.55 Å².